The number of hydrogen-bond acceptors (Lipinski definition) is 2. The van der Waals surface area contributed by atoms with Crippen LogP contribution in [0.4, 0.5) is 13.2 Å². The molecule has 2 rings (SSSR count). The van der Waals surface area contributed by atoms with Crippen LogP contribution in [0.3, 0.4) is 0 Å². The van der Waals surface area contributed by atoms with Gasteiger partial charge in [0.25, 0.3) is 0 Å². The zero-order valence-electron chi connectivity index (χ0n) is 11.3. The minimum atomic E-state index is -1.03. The van der Waals surface area contributed by atoms with Gasteiger partial charge in [-0.15, -0.1) is 0 Å². The molecule has 0 bridgehead atoms. The second kappa shape index (κ2) is 6.39. The van der Waals surface area contributed by atoms with Crippen molar-refractivity contribution in [2.75, 3.05) is 14.2 Å². The summed E-state index contributed by atoms with van der Waals surface area (Å²) in [6, 6.07) is 6.26. The third-order valence-electron chi connectivity index (χ3n) is 3.03. The molecule has 0 aliphatic carbocycles. The fraction of sp³-hybridized carbons (Fsp3) is 0.200. The standard InChI is InChI=1S/C15H12BrF3O2/c1-20-8-6-10(18)13(11(19)7-8)15(16)14-9(17)4-3-5-12(14)21-2/h3-7,15H,1-2H3. The number of methoxy groups -OCH3 is 2. The lowest BCUT2D eigenvalue weighted by molar-refractivity contribution is 0.401. The van der Waals surface area contributed by atoms with Crippen molar-refractivity contribution < 1.29 is 22.6 Å². The second-order valence-corrected chi connectivity index (χ2v) is 5.14. The van der Waals surface area contributed by atoms with Crippen LogP contribution in [0.5, 0.6) is 11.5 Å². The number of hydrogen-bond donors (Lipinski definition) is 0. The van der Waals surface area contributed by atoms with Gasteiger partial charge in [0, 0.05) is 23.3 Å². The Hall–Kier alpha value is -1.69. The summed E-state index contributed by atoms with van der Waals surface area (Å²) in [5.41, 5.74) is -0.276. The van der Waals surface area contributed by atoms with Gasteiger partial charge in [0.1, 0.15) is 29.0 Å². The van der Waals surface area contributed by atoms with Crippen molar-refractivity contribution in [2.45, 2.75) is 4.83 Å². The van der Waals surface area contributed by atoms with Crippen molar-refractivity contribution in [1.29, 1.82) is 0 Å². The van der Waals surface area contributed by atoms with Crippen molar-refractivity contribution in [2.24, 2.45) is 0 Å². The molecule has 0 fully saturated rings. The SMILES string of the molecule is COc1cc(F)c(C(Br)c2c(F)cccc2OC)c(F)c1. The van der Waals surface area contributed by atoms with Gasteiger partial charge in [-0.2, -0.15) is 0 Å². The lowest BCUT2D eigenvalue weighted by Crippen LogP contribution is -2.05. The Morgan fingerprint density at radius 1 is 0.905 bits per heavy atom. The van der Waals surface area contributed by atoms with Gasteiger partial charge in [0.05, 0.1) is 19.0 Å². The smallest absolute Gasteiger partial charge is 0.134 e. The summed E-state index contributed by atoms with van der Waals surface area (Å²) >= 11 is 3.14. The first-order valence-corrected chi connectivity index (χ1v) is 6.90. The summed E-state index contributed by atoms with van der Waals surface area (Å²) in [4.78, 5) is -1.03. The number of halogens is 4. The van der Waals surface area contributed by atoms with Crippen molar-refractivity contribution in [3.05, 3.63) is 58.9 Å². The van der Waals surface area contributed by atoms with E-state index in [2.05, 4.69) is 15.9 Å². The van der Waals surface area contributed by atoms with Crippen molar-refractivity contribution in [3.63, 3.8) is 0 Å². The Balaban J connectivity index is 2.58. The van der Waals surface area contributed by atoms with Crippen LogP contribution < -0.4 is 9.47 Å². The van der Waals surface area contributed by atoms with E-state index in [-0.39, 0.29) is 22.6 Å². The molecule has 21 heavy (non-hydrogen) atoms. The molecule has 112 valence electrons. The highest BCUT2D eigenvalue weighted by molar-refractivity contribution is 9.09. The molecule has 0 N–H and O–H groups in total. The lowest BCUT2D eigenvalue weighted by atomic mass is 10.0. The topological polar surface area (TPSA) is 18.5 Å². The molecule has 1 atom stereocenters. The molecule has 6 heteroatoms. The quantitative estimate of drug-likeness (QED) is 0.741. The number of rotatable bonds is 4. The zero-order chi connectivity index (χ0) is 15.6. The van der Waals surface area contributed by atoms with Crippen LogP contribution in [0, 0.1) is 17.5 Å². The first-order valence-electron chi connectivity index (χ1n) is 5.99. The minimum Gasteiger partial charge on any atom is -0.497 e. The molecule has 0 saturated carbocycles. The van der Waals surface area contributed by atoms with E-state index in [0.29, 0.717) is 0 Å². The van der Waals surface area contributed by atoms with Crippen molar-refractivity contribution >= 4 is 15.9 Å². The van der Waals surface area contributed by atoms with Crippen molar-refractivity contribution in [3.8, 4) is 11.5 Å². The van der Waals surface area contributed by atoms with Crippen LogP contribution in [0.15, 0.2) is 30.3 Å². The Morgan fingerprint density at radius 2 is 1.52 bits per heavy atom. The molecule has 1 unspecified atom stereocenters. The van der Waals surface area contributed by atoms with Gasteiger partial charge in [0.2, 0.25) is 0 Å². The van der Waals surface area contributed by atoms with E-state index in [1.165, 1.54) is 32.4 Å². The zero-order valence-corrected chi connectivity index (χ0v) is 12.9. The molecule has 0 aliphatic rings. The third-order valence-corrected chi connectivity index (χ3v) is 3.94. The maximum atomic E-state index is 14.1. The average Bonchev–Trinajstić information content (AvgIpc) is 2.45. The summed E-state index contributed by atoms with van der Waals surface area (Å²) in [6.45, 7) is 0. The van der Waals surface area contributed by atoms with Crippen molar-refractivity contribution in [1.82, 2.24) is 0 Å². The Morgan fingerprint density at radius 3 is 2.05 bits per heavy atom. The van der Waals surface area contributed by atoms with Crippen LogP contribution in [0.1, 0.15) is 16.0 Å². The average molecular weight is 361 g/mol. The van der Waals surface area contributed by atoms with Gasteiger partial charge in [-0.3, -0.25) is 0 Å². The fourth-order valence-electron chi connectivity index (χ4n) is 2.01. The highest BCUT2D eigenvalue weighted by atomic mass is 79.9. The van der Waals surface area contributed by atoms with Crippen LogP contribution in [-0.4, -0.2) is 14.2 Å². The van der Waals surface area contributed by atoms with E-state index in [1.807, 2.05) is 0 Å². The maximum Gasteiger partial charge on any atom is 0.134 e. The van der Waals surface area contributed by atoms with E-state index in [1.54, 1.807) is 0 Å². The summed E-state index contributed by atoms with van der Waals surface area (Å²) in [7, 11) is 2.66. The first kappa shape index (κ1) is 15.7. The molecule has 0 heterocycles. The van der Waals surface area contributed by atoms with Crippen LogP contribution >= 0.6 is 15.9 Å². The van der Waals surface area contributed by atoms with Gasteiger partial charge in [-0.1, -0.05) is 22.0 Å². The van der Waals surface area contributed by atoms with E-state index in [9.17, 15) is 13.2 Å². The molecule has 2 aromatic rings. The van der Waals surface area contributed by atoms with E-state index >= 15 is 0 Å². The molecule has 2 aromatic carbocycles. The fourth-order valence-corrected chi connectivity index (χ4v) is 2.89. The Labute approximate surface area is 128 Å². The summed E-state index contributed by atoms with van der Waals surface area (Å²) in [5.74, 6) is -2.04. The monoisotopic (exact) mass is 360 g/mol. The Bertz CT molecular complexity index is 638. The van der Waals surface area contributed by atoms with E-state index in [0.717, 1.165) is 12.1 Å². The van der Waals surface area contributed by atoms with Gasteiger partial charge >= 0.3 is 0 Å². The molecule has 0 aromatic heterocycles. The predicted molar refractivity (Wildman–Crippen MR) is 76.6 cm³/mol. The van der Waals surface area contributed by atoms with Gasteiger partial charge < -0.3 is 9.47 Å². The van der Waals surface area contributed by atoms with Crippen LogP contribution in [0.2, 0.25) is 0 Å². The maximum absolute atomic E-state index is 14.1. The van der Waals surface area contributed by atoms with E-state index in [4.69, 9.17) is 9.47 Å². The minimum absolute atomic E-state index is 0.0305. The summed E-state index contributed by atoms with van der Waals surface area (Å²) < 4.78 is 52.0. The number of alkyl halides is 1. The molecule has 0 radical (unpaired) electrons. The highest BCUT2D eigenvalue weighted by Gasteiger charge is 2.26. The summed E-state index contributed by atoms with van der Waals surface area (Å²) in [6.07, 6.45) is 0. The molecule has 2 nitrogen and oxygen atoms in total. The van der Waals surface area contributed by atoms with Gasteiger partial charge in [-0.05, 0) is 12.1 Å². The number of ether oxygens (including phenoxy) is 2. The molecule has 0 amide bonds. The second-order valence-electron chi connectivity index (χ2n) is 4.22. The normalized spacial score (nSPS) is 12.1. The molecular formula is C15H12BrF3O2. The molecule has 0 spiro atoms. The predicted octanol–water partition coefficient (Wildman–Crippen LogP) is 4.61. The Kier molecular flexibility index (Phi) is 4.77. The molecule has 0 aliphatic heterocycles. The lowest BCUT2D eigenvalue weighted by Gasteiger charge is -2.17. The van der Waals surface area contributed by atoms with Crippen LogP contribution in [0.25, 0.3) is 0 Å². The highest BCUT2D eigenvalue weighted by Crippen LogP contribution is 2.41. The van der Waals surface area contributed by atoms with Gasteiger partial charge in [0.15, 0.2) is 0 Å². The van der Waals surface area contributed by atoms with Crippen LogP contribution in [-0.2, 0) is 0 Å². The first-order chi connectivity index (χ1) is 9.99. The van der Waals surface area contributed by atoms with Gasteiger partial charge in [-0.25, -0.2) is 13.2 Å². The number of benzene rings is 2. The largest absolute Gasteiger partial charge is 0.497 e. The summed E-state index contributed by atoms with van der Waals surface area (Å²) in [5, 5.41) is 0. The van der Waals surface area contributed by atoms with E-state index < -0.39 is 22.3 Å². The molecular weight excluding hydrogens is 349 g/mol. The molecule has 0 saturated heterocycles. The third kappa shape index (κ3) is 3.00.